The highest BCUT2D eigenvalue weighted by atomic mass is 32.2. The molecule has 1 amide bonds. The van der Waals surface area contributed by atoms with Crippen molar-refractivity contribution >= 4 is 27.4 Å². The molecule has 0 spiro atoms. The van der Waals surface area contributed by atoms with E-state index in [1.54, 1.807) is 0 Å². The van der Waals surface area contributed by atoms with Gasteiger partial charge in [0.25, 0.3) is 0 Å². The lowest BCUT2D eigenvalue weighted by atomic mass is 10.2. The molecule has 1 atom stereocenters. The van der Waals surface area contributed by atoms with Crippen molar-refractivity contribution in [2.24, 2.45) is 4.99 Å². The van der Waals surface area contributed by atoms with E-state index in [-0.39, 0.29) is 24.2 Å². The normalized spacial score (nSPS) is 16.4. The first-order valence-electron chi connectivity index (χ1n) is 10.1. The van der Waals surface area contributed by atoms with Crippen molar-refractivity contribution in [1.29, 1.82) is 0 Å². The number of aliphatic imine (C=N–C) groups is 1. The van der Waals surface area contributed by atoms with Gasteiger partial charge in [-0.05, 0) is 32.4 Å². The number of anilines is 1. The Kier molecular flexibility index (Phi) is 8.75. The molecule has 0 radical (unpaired) electrons. The number of hydrogen-bond donors (Lipinski definition) is 2. The zero-order valence-electron chi connectivity index (χ0n) is 17.6. The molecule has 162 valence electrons. The third kappa shape index (κ3) is 8.31. The van der Waals surface area contributed by atoms with Gasteiger partial charge >= 0.3 is 0 Å². The Morgan fingerprint density at radius 1 is 1.17 bits per heavy atom. The monoisotopic (exact) mass is 423 g/mol. The number of carbonyl (C=O) groups excluding carboxylic acids is 1. The minimum atomic E-state index is -3.00. The van der Waals surface area contributed by atoms with Crippen molar-refractivity contribution in [3.63, 3.8) is 0 Å². The smallest absolute Gasteiger partial charge is 0.244 e. The summed E-state index contributed by atoms with van der Waals surface area (Å²) in [5.74, 6) is 0.647. The van der Waals surface area contributed by atoms with Crippen LogP contribution in [0.2, 0.25) is 0 Å². The molecule has 1 aromatic rings. The highest BCUT2D eigenvalue weighted by Gasteiger charge is 2.21. The maximum absolute atomic E-state index is 12.6. The third-order valence-corrected chi connectivity index (χ3v) is 5.75. The fourth-order valence-corrected chi connectivity index (χ4v) is 3.90. The number of amides is 1. The molecular weight excluding hydrogens is 390 g/mol. The van der Waals surface area contributed by atoms with E-state index in [1.807, 2.05) is 36.9 Å². The van der Waals surface area contributed by atoms with Gasteiger partial charge in [0, 0.05) is 50.7 Å². The second kappa shape index (κ2) is 11.0. The zero-order valence-corrected chi connectivity index (χ0v) is 18.4. The Hall–Kier alpha value is -2.29. The van der Waals surface area contributed by atoms with E-state index in [0.29, 0.717) is 32.0 Å². The second-order valence-electron chi connectivity index (χ2n) is 7.36. The van der Waals surface area contributed by atoms with E-state index in [0.717, 1.165) is 13.1 Å². The molecule has 1 aliphatic rings. The largest absolute Gasteiger partial charge is 0.368 e. The van der Waals surface area contributed by atoms with E-state index < -0.39 is 9.84 Å². The molecule has 1 fully saturated rings. The van der Waals surface area contributed by atoms with Crippen LogP contribution in [-0.4, -0.2) is 82.5 Å². The molecule has 1 unspecified atom stereocenters. The van der Waals surface area contributed by atoms with Gasteiger partial charge in [0.1, 0.15) is 16.4 Å². The summed E-state index contributed by atoms with van der Waals surface area (Å²) in [6, 6.07) is 10.1. The first-order chi connectivity index (χ1) is 13.8. The molecule has 0 saturated carbocycles. The molecule has 0 bridgehead atoms. The van der Waals surface area contributed by atoms with Crippen molar-refractivity contribution in [2.45, 2.75) is 26.3 Å². The number of benzene rings is 1. The average molecular weight is 424 g/mol. The SMILES string of the molecule is CCNC(=NCC(=O)N1CCN(c2ccccc2)CC1)NC(C)CCS(C)(=O)=O. The quantitative estimate of drug-likeness (QED) is 0.473. The highest BCUT2D eigenvalue weighted by molar-refractivity contribution is 7.90. The summed E-state index contributed by atoms with van der Waals surface area (Å²) in [5.41, 5.74) is 1.18. The molecule has 1 heterocycles. The maximum Gasteiger partial charge on any atom is 0.244 e. The Labute approximate surface area is 174 Å². The average Bonchev–Trinajstić information content (AvgIpc) is 2.71. The van der Waals surface area contributed by atoms with Crippen LogP contribution in [-0.2, 0) is 14.6 Å². The summed E-state index contributed by atoms with van der Waals surface area (Å²) >= 11 is 0. The van der Waals surface area contributed by atoms with E-state index in [1.165, 1.54) is 11.9 Å². The lowest BCUT2D eigenvalue weighted by molar-refractivity contribution is -0.129. The fourth-order valence-electron chi connectivity index (χ4n) is 3.12. The number of sulfone groups is 1. The lowest BCUT2D eigenvalue weighted by Crippen LogP contribution is -2.50. The summed E-state index contributed by atoms with van der Waals surface area (Å²) in [4.78, 5) is 21.1. The third-order valence-electron chi connectivity index (χ3n) is 4.78. The summed E-state index contributed by atoms with van der Waals surface area (Å²) in [6.45, 7) is 7.55. The van der Waals surface area contributed by atoms with E-state index in [4.69, 9.17) is 0 Å². The Bertz CT molecular complexity index is 775. The van der Waals surface area contributed by atoms with Gasteiger partial charge in [-0.3, -0.25) is 4.79 Å². The van der Waals surface area contributed by atoms with Gasteiger partial charge in [-0.25, -0.2) is 13.4 Å². The number of carbonyl (C=O) groups is 1. The van der Waals surface area contributed by atoms with Gasteiger partial charge in [0.15, 0.2) is 5.96 Å². The molecule has 1 aliphatic heterocycles. The van der Waals surface area contributed by atoms with Crippen molar-refractivity contribution in [2.75, 3.05) is 56.2 Å². The molecule has 2 N–H and O–H groups in total. The van der Waals surface area contributed by atoms with Gasteiger partial charge in [-0.15, -0.1) is 0 Å². The second-order valence-corrected chi connectivity index (χ2v) is 9.62. The van der Waals surface area contributed by atoms with E-state index >= 15 is 0 Å². The van der Waals surface area contributed by atoms with Crippen LogP contribution in [0, 0.1) is 0 Å². The van der Waals surface area contributed by atoms with Crippen LogP contribution in [0.4, 0.5) is 5.69 Å². The molecule has 1 aromatic carbocycles. The molecule has 8 nitrogen and oxygen atoms in total. The van der Waals surface area contributed by atoms with Crippen LogP contribution < -0.4 is 15.5 Å². The first kappa shape index (κ1) is 23.0. The standard InChI is InChI=1S/C20H33N5O3S/c1-4-21-20(23-17(2)10-15-29(3,27)28)22-16-19(26)25-13-11-24(12-14-25)18-8-6-5-7-9-18/h5-9,17H,4,10-16H2,1-3H3,(H2,21,22,23). The van der Waals surface area contributed by atoms with Gasteiger partial charge in [0.2, 0.25) is 5.91 Å². The first-order valence-corrected chi connectivity index (χ1v) is 12.1. The van der Waals surface area contributed by atoms with Crippen LogP contribution in [0.25, 0.3) is 0 Å². The predicted molar refractivity (Wildman–Crippen MR) is 118 cm³/mol. The number of para-hydroxylation sites is 1. The molecule has 1 saturated heterocycles. The van der Waals surface area contributed by atoms with Crippen LogP contribution in [0.5, 0.6) is 0 Å². The van der Waals surface area contributed by atoms with Gasteiger partial charge < -0.3 is 20.4 Å². The van der Waals surface area contributed by atoms with E-state index in [9.17, 15) is 13.2 Å². The zero-order chi connectivity index (χ0) is 21.3. The van der Waals surface area contributed by atoms with Crippen molar-refractivity contribution in [3.05, 3.63) is 30.3 Å². The summed E-state index contributed by atoms with van der Waals surface area (Å²) in [6.07, 6.45) is 1.72. The summed E-state index contributed by atoms with van der Waals surface area (Å²) in [5, 5.41) is 6.28. The number of nitrogens with one attached hydrogen (secondary N) is 2. The van der Waals surface area contributed by atoms with Gasteiger partial charge in [-0.1, -0.05) is 18.2 Å². The molecule has 0 aromatic heterocycles. The molecule has 29 heavy (non-hydrogen) atoms. The topological polar surface area (TPSA) is 94.1 Å². The van der Waals surface area contributed by atoms with Crippen LogP contribution in [0.3, 0.4) is 0 Å². The fraction of sp³-hybridized carbons (Fsp3) is 0.600. The van der Waals surface area contributed by atoms with Crippen LogP contribution in [0.1, 0.15) is 20.3 Å². The molecular formula is C20H33N5O3S. The van der Waals surface area contributed by atoms with Crippen molar-refractivity contribution in [3.8, 4) is 0 Å². The maximum atomic E-state index is 12.6. The Morgan fingerprint density at radius 2 is 1.83 bits per heavy atom. The predicted octanol–water partition coefficient (Wildman–Crippen LogP) is 0.714. The molecule has 2 rings (SSSR count). The highest BCUT2D eigenvalue weighted by Crippen LogP contribution is 2.15. The van der Waals surface area contributed by atoms with Crippen LogP contribution >= 0.6 is 0 Å². The van der Waals surface area contributed by atoms with E-state index in [2.05, 4.69) is 32.7 Å². The summed E-state index contributed by atoms with van der Waals surface area (Å²) in [7, 11) is -3.00. The Morgan fingerprint density at radius 3 is 2.41 bits per heavy atom. The minimum absolute atomic E-state index is 0.00120. The summed E-state index contributed by atoms with van der Waals surface area (Å²) < 4.78 is 22.6. The Balaban J connectivity index is 1.83. The molecule has 9 heteroatoms. The van der Waals surface area contributed by atoms with Gasteiger partial charge in [-0.2, -0.15) is 0 Å². The number of guanidine groups is 1. The minimum Gasteiger partial charge on any atom is -0.368 e. The van der Waals surface area contributed by atoms with Crippen molar-refractivity contribution in [1.82, 2.24) is 15.5 Å². The number of nitrogens with zero attached hydrogens (tertiary/aromatic N) is 3. The van der Waals surface area contributed by atoms with Crippen LogP contribution in [0.15, 0.2) is 35.3 Å². The van der Waals surface area contributed by atoms with Crippen molar-refractivity contribution < 1.29 is 13.2 Å². The number of rotatable bonds is 8. The lowest BCUT2D eigenvalue weighted by Gasteiger charge is -2.36. The van der Waals surface area contributed by atoms with Gasteiger partial charge in [0.05, 0.1) is 5.75 Å². The number of hydrogen-bond acceptors (Lipinski definition) is 5. The molecule has 0 aliphatic carbocycles. The number of piperazine rings is 1.